The van der Waals surface area contributed by atoms with Crippen LogP contribution in [-0.2, 0) is 9.84 Å². The summed E-state index contributed by atoms with van der Waals surface area (Å²) in [5.41, 5.74) is 0.292. The molecule has 1 aromatic rings. The van der Waals surface area contributed by atoms with Gasteiger partial charge in [0.1, 0.15) is 10.8 Å². The van der Waals surface area contributed by atoms with Gasteiger partial charge in [0.05, 0.1) is 31.3 Å². The largest absolute Gasteiger partial charge is 0.495 e. The number of ketones is 1. The molecule has 1 saturated heterocycles. The third-order valence-electron chi connectivity index (χ3n) is 3.35. The van der Waals surface area contributed by atoms with E-state index in [0.29, 0.717) is 17.7 Å². The SMILES string of the molecule is COc1ccc(C(=O)C2CCS(=O)(=O)C2)c(OC)c1Cl. The monoisotopic (exact) mass is 318 g/mol. The van der Waals surface area contributed by atoms with E-state index in [1.807, 2.05) is 0 Å². The van der Waals surface area contributed by atoms with Crippen LogP contribution in [-0.4, -0.2) is 39.9 Å². The number of carbonyl (C=O) groups excluding carboxylic acids is 1. The topological polar surface area (TPSA) is 69.7 Å². The number of benzene rings is 1. The third-order valence-corrected chi connectivity index (χ3v) is 5.48. The minimum Gasteiger partial charge on any atom is -0.495 e. The predicted octanol–water partition coefficient (Wildman–Crippen LogP) is 1.97. The number of methoxy groups -OCH3 is 2. The van der Waals surface area contributed by atoms with Crippen molar-refractivity contribution >= 4 is 27.2 Å². The van der Waals surface area contributed by atoms with Crippen LogP contribution in [0.4, 0.5) is 0 Å². The van der Waals surface area contributed by atoms with E-state index < -0.39 is 15.8 Å². The van der Waals surface area contributed by atoms with Crippen LogP contribution < -0.4 is 9.47 Å². The summed E-state index contributed by atoms with van der Waals surface area (Å²) in [4.78, 5) is 12.4. The molecule has 7 heteroatoms. The molecule has 0 saturated carbocycles. The molecule has 110 valence electrons. The summed E-state index contributed by atoms with van der Waals surface area (Å²) in [6.07, 6.45) is 0.341. The van der Waals surface area contributed by atoms with Crippen LogP contribution in [0.15, 0.2) is 12.1 Å². The highest BCUT2D eigenvalue weighted by Gasteiger charge is 2.35. The number of rotatable bonds is 4. The molecular formula is C13H15ClO5S. The van der Waals surface area contributed by atoms with Crippen molar-refractivity contribution in [3.63, 3.8) is 0 Å². The smallest absolute Gasteiger partial charge is 0.170 e. The van der Waals surface area contributed by atoms with E-state index in [1.54, 1.807) is 12.1 Å². The van der Waals surface area contributed by atoms with Crippen LogP contribution >= 0.6 is 11.6 Å². The van der Waals surface area contributed by atoms with Crippen molar-refractivity contribution < 1.29 is 22.7 Å². The number of Topliss-reactive ketones (excluding diaryl/α,β-unsaturated/α-hetero) is 1. The highest BCUT2D eigenvalue weighted by Crippen LogP contribution is 2.38. The fraction of sp³-hybridized carbons (Fsp3) is 0.462. The fourth-order valence-corrected chi connectivity index (χ4v) is 4.37. The van der Waals surface area contributed by atoms with E-state index >= 15 is 0 Å². The Morgan fingerprint density at radius 3 is 2.50 bits per heavy atom. The average Bonchev–Trinajstić information content (AvgIpc) is 2.78. The molecule has 1 unspecified atom stereocenters. The van der Waals surface area contributed by atoms with Gasteiger partial charge < -0.3 is 9.47 Å². The molecule has 1 fully saturated rings. The molecule has 1 aliphatic heterocycles. The second-order valence-electron chi connectivity index (χ2n) is 4.63. The molecule has 1 aromatic carbocycles. The Labute approximate surface area is 122 Å². The first-order chi connectivity index (χ1) is 9.39. The molecule has 0 spiro atoms. The minimum absolute atomic E-state index is 0.0512. The maximum atomic E-state index is 12.4. The molecule has 0 N–H and O–H groups in total. The van der Waals surface area contributed by atoms with Crippen molar-refractivity contribution in [1.29, 1.82) is 0 Å². The summed E-state index contributed by atoms with van der Waals surface area (Å²) < 4.78 is 33.2. The van der Waals surface area contributed by atoms with Crippen molar-refractivity contribution in [2.75, 3.05) is 25.7 Å². The summed E-state index contributed by atoms with van der Waals surface area (Å²) in [7, 11) is -0.241. The summed E-state index contributed by atoms with van der Waals surface area (Å²) in [5.74, 6) is -0.223. The zero-order valence-electron chi connectivity index (χ0n) is 11.2. The molecule has 1 heterocycles. The predicted molar refractivity (Wildman–Crippen MR) is 75.6 cm³/mol. The molecule has 0 amide bonds. The van der Waals surface area contributed by atoms with Crippen LogP contribution in [0, 0.1) is 5.92 Å². The zero-order chi connectivity index (χ0) is 14.9. The van der Waals surface area contributed by atoms with Crippen molar-refractivity contribution in [2.45, 2.75) is 6.42 Å². The Morgan fingerprint density at radius 1 is 1.30 bits per heavy atom. The first kappa shape index (κ1) is 15.1. The van der Waals surface area contributed by atoms with Gasteiger partial charge in [0.25, 0.3) is 0 Å². The van der Waals surface area contributed by atoms with Crippen molar-refractivity contribution in [3.05, 3.63) is 22.7 Å². The first-order valence-electron chi connectivity index (χ1n) is 6.04. The molecule has 0 bridgehead atoms. The number of hydrogen-bond acceptors (Lipinski definition) is 5. The highest BCUT2D eigenvalue weighted by molar-refractivity contribution is 7.91. The molecule has 20 heavy (non-hydrogen) atoms. The second-order valence-corrected chi connectivity index (χ2v) is 7.23. The third kappa shape index (κ3) is 2.76. The van der Waals surface area contributed by atoms with Gasteiger partial charge in [-0.2, -0.15) is 0 Å². The summed E-state index contributed by atoms with van der Waals surface area (Å²) in [5, 5.41) is 0.210. The van der Waals surface area contributed by atoms with E-state index in [0.717, 1.165) is 0 Å². The normalized spacial score (nSPS) is 20.6. The van der Waals surface area contributed by atoms with Crippen LogP contribution in [0.2, 0.25) is 5.02 Å². The van der Waals surface area contributed by atoms with E-state index in [9.17, 15) is 13.2 Å². The fourth-order valence-electron chi connectivity index (χ4n) is 2.31. The molecule has 2 rings (SSSR count). The molecule has 1 atom stereocenters. The van der Waals surface area contributed by atoms with Gasteiger partial charge in [0.2, 0.25) is 0 Å². The number of carbonyl (C=O) groups is 1. The Kier molecular flexibility index (Phi) is 4.25. The summed E-state index contributed by atoms with van der Waals surface area (Å²) >= 11 is 6.10. The highest BCUT2D eigenvalue weighted by atomic mass is 35.5. The second kappa shape index (κ2) is 5.61. The Morgan fingerprint density at radius 2 is 2.00 bits per heavy atom. The number of halogens is 1. The standard InChI is InChI=1S/C13H15ClO5S/c1-18-10-4-3-9(13(19-2)11(10)14)12(15)8-5-6-20(16,17)7-8/h3-4,8H,5-7H2,1-2H3. The van der Waals surface area contributed by atoms with Crippen LogP contribution in [0.1, 0.15) is 16.8 Å². The lowest BCUT2D eigenvalue weighted by molar-refractivity contribution is 0.0930. The van der Waals surface area contributed by atoms with Gasteiger partial charge in [-0.05, 0) is 18.6 Å². The van der Waals surface area contributed by atoms with Gasteiger partial charge >= 0.3 is 0 Å². The van der Waals surface area contributed by atoms with Gasteiger partial charge in [0.15, 0.2) is 21.4 Å². The van der Waals surface area contributed by atoms with Gasteiger partial charge in [-0.3, -0.25) is 4.79 Å². The van der Waals surface area contributed by atoms with Crippen molar-refractivity contribution in [3.8, 4) is 11.5 Å². The lowest BCUT2D eigenvalue weighted by Gasteiger charge is -2.14. The molecule has 0 aromatic heterocycles. The maximum Gasteiger partial charge on any atom is 0.170 e. The Bertz CT molecular complexity index is 638. The minimum atomic E-state index is -3.11. The Balaban J connectivity index is 2.38. The van der Waals surface area contributed by atoms with Crippen LogP contribution in [0.25, 0.3) is 0 Å². The molecule has 0 radical (unpaired) electrons. The van der Waals surface area contributed by atoms with Crippen LogP contribution in [0.5, 0.6) is 11.5 Å². The van der Waals surface area contributed by atoms with Gasteiger partial charge in [-0.1, -0.05) is 11.6 Å². The zero-order valence-corrected chi connectivity index (χ0v) is 12.8. The van der Waals surface area contributed by atoms with Crippen molar-refractivity contribution in [1.82, 2.24) is 0 Å². The van der Waals surface area contributed by atoms with E-state index in [-0.39, 0.29) is 28.1 Å². The van der Waals surface area contributed by atoms with Crippen molar-refractivity contribution in [2.24, 2.45) is 5.92 Å². The lowest BCUT2D eigenvalue weighted by atomic mass is 9.96. The van der Waals surface area contributed by atoms with Gasteiger partial charge in [-0.25, -0.2) is 8.42 Å². The molecule has 5 nitrogen and oxygen atoms in total. The lowest BCUT2D eigenvalue weighted by Crippen LogP contribution is -2.17. The number of hydrogen-bond donors (Lipinski definition) is 0. The van der Waals surface area contributed by atoms with Gasteiger partial charge in [0, 0.05) is 5.92 Å². The summed E-state index contributed by atoms with van der Waals surface area (Å²) in [6, 6.07) is 3.12. The van der Waals surface area contributed by atoms with Gasteiger partial charge in [-0.15, -0.1) is 0 Å². The van der Waals surface area contributed by atoms with E-state index in [1.165, 1.54) is 14.2 Å². The number of sulfone groups is 1. The van der Waals surface area contributed by atoms with E-state index in [4.69, 9.17) is 21.1 Å². The first-order valence-corrected chi connectivity index (χ1v) is 8.24. The molecule has 0 aliphatic carbocycles. The number of ether oxygens (including phenoxy) is 2. The Hall–Kier alpha value is -1.27. The van der Waals surface area contributed by atoms with E-state index in [2.05, 4.69) is 0 Å². The quantitative estimate of drug-likeness (QED) is 0.794. The maximum absolute atomic E-state index is 12.4. The molecule has 1 aliphatic rings. The average molecular weight is 319 g/mol. The summed E-state index contributed by atoms with van der Waals surface area (Å²) in [6.45, 7) is 0. The van der Waals surface area contributed by atoms with Crippen LogP contribution in [0.3, 0.4) is 0 Å². The molecular weight excluding hydrogens is 304 g/mol.